The molecule has 1 aromatic carbocycles. The molecule has 130 valence electrons. The van der Waals surface area contributed by atoms with Gasteiger partial charge in [0, 0.05) is 22.1 Å². The highest BCUT2D eigenvalue weighted by Crippen LogP contribution is 2.29. The number of hydrogen-bond donors (Lipinski definition) is 1. The summed E-state index contributed by atoms with van der Waals surface area (Å²) in [5.74, 6) is 0.742. The number of nitrogens with one attached hydrogen (secondary N) is 1. The van der Waals surface area contributed by atoms with E-state index < -0.39 is 5.41 Å². The minimum atomic E-state index is -0.479. The molecule has 3 rings (SSSR count). The van der Waals surface area contributed by atoms with Crippen LogP contribution in [0.5, 0.6) is 5.75 Å². The lowest BCUT2D eigenvalue weighted by atomic mass is 9.91. The van der Waals surface area contributed by atoms with Crippen LogP contribution in [0.1, 0.15) is 26.3 Å². The first-order chi connectivity index (χ1) is 11.7. The Labute approximate surface area is 154 Å². The van der Waals surface area contributed by atoms with Crippen LogP contribution in [0.4, 0.5) is 0 Å². The van der Waals surface area contributed by atoms with Crippen molar-refractivity contribution in [2.45, 2.75) is 20.8 Å². The van der Waals surface area contributed by atoms with Gasteiger partial charge in [-0.25, -0.2) is 0 Å². The summed E-state index contributed by atoms with van der Waals surface area (Å²) in [4.78, 5) is 27.0. The summed E-state index contributed by atoms with van der Waals surface area (Å²) in [7, 11) is 0. The van der Waals surface area contributed by atoms with Crippen molar-refractivity contribution in [1.82, 2.24) is 4.98 Å². The van der Waals surface area contributed by atoms with E-state index in [9.17, 15) is 9.59 Å². The summed E-state index contributed by atoms with van der Waals surface area (Å²) < 4.78 is 6.78. The maximum Gasteiger partial charge on any atom is 0.266 e. The summed E-state index contributed by atoms with van der Waals surface area (Å²) in [6.07, 6.45) is 5.23. The number of ketones is 1. The Hall–Kier alpha value is -2.11. The van der Waals surface area contributed by atoms with Crippen LogP contribution in [0, 0.1) is 5.41 Å². The SMILES string of the molecule is CC(C)(C)C(=O)/C=c1/[nH]c(=O)/c(=C/C2=Cc3cc(Cl)ccc3OC2)s1. The molecule has 0 radical (unpaired) electrons. The average Bonchev–Trinajstić information content (AvgIpc) is 2.85. The van der Waals surface area contributed by atoms with Gasteiger partial charge in [0.05, 0.1) is 9.20 Å². The summed E-state index contributed by atoms with van der Waals surface area (Å²) in [5, 5.41) is 0.631. The predicted molar refractivity (Wildman–Crippen MR) is 103 cm³/mol. The molecule has 1 aliphatic rings. The van der Waals surface area contributed by atoms with E-state index in [4.69, 9.17) is 16.3 Å². The zero-order valence-corrected chi connectivity index (χ0v) is 15.8. The highest BCUT2D eigenvalue weighted by molar-refractivity contribution is 7.07. The first-order valence-corrected chi connectivity index (χ1v) is 9.02. The molecule has 0 fully saturated rings. The van der Waals surface area contributed by atoms with Crippen molar-refractivity contribution >= 4 is 46.9 Å². The monoisotopic (exact) mass is 375 g/mol. The molecule has 0 aliphatic carbocycles. The normalized spacial score (nSPS) is 15.6. The number of benzene rings is 1. The number of hydrogen-bond acceptors (Lipinski definition) is 4. The lowest BCUT2D eigenvalue weighted by molar-refractivity contribution is -0.119. The number of halogens is 1. The molecule has 2 aromatic rings. The Bertz CT molecular complexity index is 1040. The molecule has 0 saturated carbocycles. The maximum atomic E-state index is 12.1. The largest absolute Gasteiger partial charge is 0.488 e. The number of rotatable bonds is 2. The number of fused-ring (bicyclic) bond motifs is 1. The van der Waals surface area contributed by atoms with Gasteiger partial charge in [-0.3, -0.25) is 9.59 Å². The van der Waals surface area contributed by atoms with Gasteiger partial charge in [0.15, 0.2) is 5.78 Å². The Morgan fingerprint density at radius 2 is 2.12 bits per heavy atom. The fourth-order valence-electron chi connectivity index (χ4n) is 2.28. The van der Waals surface area contributed by atoms with Crippen LogP contribution < -0.4 is 19.5 Å². The minimum absolute atomic E-state index is 0.0275. The fraction of sp³-hybridized carbons (Fsp3) is 0.263. The van der Waals surface area contributed by atoms with Crippen LogP contribution >= 0.6 is 22.9 Å². The van der Waals surface area contributed by atoms with E-state index in [2.05, 4.69) is 4.98 Å². The molecule has 0 spiro atoms. The second-order valence-corrected chi connectivity index (χ2v) is 8.40. The summed E-state index contributed by atoms with van der Waals surface area (Å²) >= 11 is 7.27. The van der Waals surface area contributed by atoms with Crippen molar-refractivity contribution < 1.29 is 9.53 Å². The van der Waals surface area contributed by atoms with E-state index in [0.29, 0.717) is 20.8 Å². The van der Waals surface area contributed by atoms with Crippen molar-refractivity contribution in [2.24, 2.45) is 5.41 Å². The number of Topliss-reactive ketones (excluding diaryl/α,β-unsaturated/α-hetero) is 1. The van der Waals surface area contributed by atoms with Gasteiger partial charge in [0.25, 0.3) is 5.56 Å². The maximum absolute atomic E-state index is 12.1. The van der Waals surface area contributed by atoms with Gasteiger partial charge in [-0.2, -0.15) is 0 Å². The van der Waals surface area contributed by atoms with E-state index in [1.54, 1.807) is 12.1 Å². The van der Waals surface area contributed by atoms with Crippen LogP contribution in [-0.2, 0) is 4.79 Å². The summed E-state index contributed by atoms with van der Waals surface area (Å²) in [6, 6.07) is 5.43. The van der Waals surface area contributed by atoms with Gasteiger partial charge in [-0.05, 0) is 35.9 Å². The molecule has 25 heavy (non-hydrogen) atoms. The van der Waals surface area contributed by atoms with E-state index in [0.717, 1.165) is 16.9 Å². The molecule has 1 aliphatic heterocycles. The highest BCUT2D eigenvalue weighted by atomic mass is 35.5. The number of aromatic nitrogens is 1. The lowest BCUT2D eigenvalue weighted by Gasteiger charge is -2.15. The second-order valence-electron chi connectivity index (χ2n) is 6.88. The van der Waals surface area contributed by atoms with Gasteiger partial charge in [0.2, 0.25) is 0 Å². The molecule has 0 amide bonds. The molecule has 0 unspecified atom stereocenters. The standard InChI is InChI=1S/C19H18ClNO3S/c1-19(2,3)16(22)9-17-21-18(23)15(25-17)7-11-6-12-8-13(20)4-5-14(12)24-10-11/h4-9H,10H2,1-3H3,(H,21,23)/b15-7-,17-9-. The van der Waals surface area contributed by atoms with Crippen LogP contribution in [0.25, 0.3) is 18.2 Å². The summed E-state index contributed by atoms with van der Waals surface area (Å²) in [5.41, 5.74) is 1.06. The van der Waals surface area contributed by atoms with Crippen molar-refractivity contribution in [3.8, 4) is 5.75 Å². The van der Waals surface area contributed by atoms with Crippen LogP contribution in [-0.4, -0.2) is 17.4 Å². The predicted octanol–water partition coefficient (Wildman–Crippen LogP) is 2.74. The number of thiazole rings is 1. The van der Waals surface area contributed by atoms with Gasteiger partial charge >= 0.3 is 0 Å². The number of H-pyrrole nitrogens is 1. The zero-order valence-electron chi connectivity index (χ0n) is 14.2. The molecule has 0 saturated heterocycles. The van der Waals surface area contributed by atoms with Crippen LogP contribution in [0.3, 0.4) is 0 Å². The molecule has 6 heteroatoms. The molecule has 1 N–H and O–H groups in total. The lowest BCUT2D eigenvalue weighted by Crippen LogP contribution is -2.22. The number of ether oxygens (including phenoxy) is 1. The number of carbonyl (C=O) groups is 1. The Kier molecular flexibility index (Phi) is 4.71. The van der Waals surface area contributed by atoms with Crippen molar-refractivity contribution in [2.75, 3.05) is 6.61 Å². The van der Waals surface area contributed by atoms with Gasteiger partial charge in [0.1, 0.15) is 12.4 Å². The van der Waals surface area contributed by atoms with Crippen LogP contribution in [0.2, 0.25) is 5.02 Å². The minimum Gasteiger partial charge on any atom is -0.488 e. The summed E-state index contributed by atoms with van der Waals surface area (Å²) in [6.45, 7) is 5.91. The molecule has 2 heterocycles. The van der Waals surface area contributed by atoms with Crippen molar-refractivity contribution in [3.63, 3.8) is 0 Å². The number of carbonyl (C=O) groups excluding carboxylic acids is 1. The van der Waals surface area contributed by atoms with E-state index in [1.807, 2.05) is 39.0 Å². The molecule has 1 aromatic heterocycles. The molecule has 0 atom stereocenters. The van der Waals surface area contributed by atoms with Crippen molar-refractivity contribution in [3.05, 3.63) is 53.9 Å². The van der Waals surface area contributed by atoms with Gasteiger partial charge < -0.3 is 9.72 Å². The smallest absolute Gasteiger partial charge is 0.266 e. The fourth-order valence-corrected chi connectivity index (χ4v) is 3.36. The highest BCUT2D eigenvalue weighted by Gasteiger charge is 2.18. The van der Waals surface area contributed by atoms with Crippen molar-refractivity contribution in [1.29, 1.82) is 0 Å². The topological polar surface area (TPSA) is 59.2 Å². The average molecular weight is 376 g/mol. The van der Waals surface area contributed by atoms with E-state index in [-0.39, 0.29) is 11.3 Å². The third-order valence-corrected chi connectivity index (χ3v) is 4.90. The first-order valence-electron chi connectivity index (χ1n) is 7.82. The Morgan fingerprint density at radius 1 is 1.36 bits per heavy atom. The van der Waals surface area contributed by atoms with E-state index in [1.165, 1.54) is 17.4 Å². The zero-order chi connectivity index (χ0) is 18.2. The molecular formula is C19H18ClNO3S. The van der Waals surface area contributed by atoms with Crippen LogP contribution in [0.15, 0.2) is 28.6 Å². The number of aromatic amines is 1. The first kappa shape index (κ1) is 17.7. The third kappa shape index (κ3) is 4.11. The molecule has 4 nitrogen and oxygen atoms in total. The molecule has 0 bridgehead atoms. The molecular weight excluding hydrogens is 358 g/mol. The second kappa shape index (κ2) is 6.65. The van der Waals surface area contributed by atoms with Gasteiger partial charge in [-0.1, -0.05) is 32.4 Å². The quantitative estimate of drug-likeness (QED) is 0.878. The third-order valence-electron chi connectivity index (χ3n) is 3.71. The van der Waals surface area contributed by atoms with E-state index >= 15 is 0 Å². The van der Waals surface area contributed by atoms with Gasteiger partial charge in [-0.15, -0.1) is 11.3 Å². The Balaban J connectivity index is 2.00. The Morgan fingerprint density at radius 3 is 2.84 bits per heavy atom.